The largest absolute Gasteiger partial charge is 0.444 e. The van der Waals surface area contributed by atoms with Gasteiger partial charge in [0.1, 0.15) is 17.9 Å². The molecule has 2 aromatic rings. The molecule has 3 atom stereocenters. The van der Waals surface area contributed by atoms with Crippen molar-refractivity contribution in [1.82, 2.24) is 14.5 Å². The summed E-state index contributed by atoms with van der Waals surface area (Å²) in [7, 11) is 0. The van der Waals surface area contributed by atoms with Gasteiger partial charge in [-0.1, -0.05) is 30.3 Å². The van der Waals surface area contributed by atoms with Crippen molar-refractivity contribution in [3.8, 4) is 0 Å². The molecule has 1 aromatic heterocycles. The summed E-state index contributed by atoms with van der Waals surface area (Å²) in [6.45, 7) is 3.93. The number of carbonyl (C=O) groups excluding carboxylic acids is 2. The third kappa shape index (κ3) is 7.97. The van der Waals surface area contributed by atoms with E-state index in [-0.39, 0.29) is 26.0 Å². The number of carbonyl (C=O) groups is 2. The Morgan fingerprint density at radius 3 is 2.58 bits per heavy atom. The maximum absolute atomic E-state index is 14.4. The second kappa shape index (κ2) is 12.8. The Kier molecular flexibility index (Phi) is 9.78. The van der Waals surface area contributed by atoms with Crippen LogP contribution >= 0.6 is 0 Å². The number of aliphatic hydroxyl groups excluding tert-OH is 1. The zero-order valence-corrected chi connectivity index (χ0v) is 21.4. The highest BCUT2D eigenvalue weighted by Gasteiger charge is 2.37. The monoisotopic (exact) mass is 537 g/mol. The van der Waals surface area contributed by atoms with E-state index in [1.807, 2.05) is 30.3 Å². The summed E-state index contributed by atoms with van der Waals surface area (Å²) in [5.41, 5.74) is -2.06. The number of hydrogen-bond acceptors (Lipinski definition) is 9. The maximum atomic E-state index is 14.4. The molecule has 0 bridgehead atoms. The van der Waals surface area contributed by atoms with Crippen LogP contribution in [0.15, 0.2) is 46.1 Å². The van der Waals surface area contributed by atoms with Crippen LogP contribution in [0.3, 0.4) is 0 Å². The van der Waals surface area contributed by atoms with Crippen LogP contribution in [-0.2, 0) is 37.1 Å². The fraction of sp³-hybridized carbons (Fsp3) is 0.520. The van der Waals surface area contributed by atoms with Crippen molar-refractivity contribution in [2.24, 2.45) is 0 Å². The third-order valence-corrected chi connectivity index (χ3v) is 5.48. The quantitative estimate of drug-likeness (QED) is 0.430. The van der Waals surface area contributed by atoms with Gasteiger partial charge in [-0.25, -0.2) is 14.2 Å². The highest BCUT2D eigenvalue weighted by atomic mass is 19.1. The zero-order valence-electron chi connectivity index (χ0n) is 21.4. The molecule has 0 radical (unpaired) electrons. The third-order valence-electron chi connectivity index (χ3n) is 5.48. The van der Waals surface area contributed by atoms with E-state index in [0.717, 1.165) is 10.1 Å². The van der Waals surface area contributed by atoms with E-state index >= 15 is 0 Å². The van der Waals surface area contributed by atoms with Crippen LogP contribution in [0.1, 0.15) is 45.4 Å². The van der Waals surface area contributed by atoms with Crippen LogP contribution in [0.2, 0.25) is 0 Å². The standard InChI is InChI=1S/C25H32FN3O9/c1-25(2,3)38-23(33)27-10-9-21(31)36-15-29-22(32)17(26)12-28(24(29)34)20-11-18(19(13-30)37-20)35-14-16-7-5-4-6-8-16/h4-8,12,18-20,30H,9-11,13-15H2,1-3H3,(H,27,33)/t18-,19+,20+/m0/s1. The number of hydrogen-bond donors (Lipinski definition) is 2. The Bertz CT molecular complexity index is 1220. The van der Waals surface area contributed by atoms with E-state index in [2.05, 4.69) is 5.32 Å². The summed E-state index contributed by atoms with van der Waals surface area (Å²) in [5, 5.41) is 12.1. The van der Waals surface area contributed by atoms with Crippen molar-refractivity contribution in [2.75, 3.05) is 13.2 Å². The second-order valence-corrected chi connectivity index (χ2v) is 9.61. The van der Waals surface area contributed by atoms with Gasteiger partial charge in [-0.3, -0.25) is 14.2 Å². The molecule has 1 aromatic carbocycles. The molecule has 2 N–H and O–H groups in total. The molecule has 0 aliphatic carbocycles. The second-order valence-electron chi connectivity index (χ2n) is 9.61. The van der Waals surface area contributed by atoms with Gasteiger partial charge < -0.3 is 29.4 Å². The Morgan fingerprint density at radius 1 is 1.21 bits per heavy atom. The minimum absolute atomic E-state index is 0.103. The first kappa shape index (κ1) is 29.0. The summed E-state index contributed by atoms with van der Waals surface area (Å²) < 4.78 is 37.3. The summed E-state index contributed by atoms with van der Waals surface area (Å²) >= 11 is 0. The summed E-state index contributed by atoms with van der Waals surface area (Å²) in [6, 6.07) is 9.30. The minimum Gasteiger partial charge on any atom is -0.444 e. The van der Waals surface area contributed by atoms with E-state index in [1.54, 1.807) is 20.8 Å². The Hall–Kier alpha value is -3.55. The molecular weight excluding hydrogens is 505 g/mol. The van der Waals surface area contributed by atoms with Crippen LogP contribution in [-0.4, -0.2) is 57.3 Å². The molecule has 1 fully saturated rings. The van der Waals surface area contributed by atoms with Crippen molar-refractivity contribution in [3.05, 3.63) is 68.7 Å². The molecule has 13 heteroatoms. The molecule has 1 saturated heterocycles. The zero-order chi connectivity index (χ0) is 27.9. The number of nitrogens with zero attached hydrogens (tertiary/aromatic N) is 2. The highest BCUT2D eigenvalue weighted by molar-refractivity contribution is 5.71. The number of rotatable bonds is 10. The minimum atomic E-state index is -1.28. The molecule has 1 amide bonds. The smallest absolute Gasteiger partial charge is 0.407 e. The van der Waals surface area contributed by atoms with Crippen molar-refractivity contribution >= 4 is 12.1 Å². The van der Waals surface area contributed by atoms with Crippen LogP contribution in [0.5, 0.6) is 0 Å². The summed E-state index contributed by atoms with van der Waals surface area (Å²) in [5.74, 6) is -2.10. The van der Waals surface area contributed by atoms with Crippen molar-refractivity contribution in [3.63, 3.8) is 0 Å². The predicted octanol–water partition coefficient (Wildman–Crippen LogP) is 1.43. The molecule has 0 spiro atoms. The molecule has 2 heterocycles. The lowest BCUT2D eigenvalue weighted by molar-refractivity contribution is -0.147. The first-order valence-corrected chi connectivity index (χ1v) is 12.0. The SMILES string of the molecule is CC(C)(C)OC(=O)NCCC(=O)OCn1c(=O)c(F)cn([C@H]2C[C@H](OCc3ccccc3)[C@@H](CO)O2)c1=O. The molecule has 1 aliphatic rings. The van der Waals surface area contributed by atoms with Crippen molar-refractivity contribution < 1.29 is 38.0 Å². The van der Waals surface area contributed by atoms with Gasteiger partial charge in [0.25, 0.3) is 5.56 Å². The number of halogens is 1. The van der Waals surface area contributed by atoms with Crippen LogP contribution in [0, 0.1) is 5.82 Å². The molecular formula is C25H32FN3O9. The maximum Gasteiger partial charge on any atom is 0.407 e. The van der Waals surface area contributed by atoms with Gasteiger partial charge in [0, 0.05) is 13.0 Å². The van der Waals surface area contributed by atoms with Gasteiger partial charge >= 0.3 is 17.8 Å². The van der Waals surface area contributed by atoms with E-state index < -0.39 is 66.5 Å². The van der Waals surface area contributed by atoms with E-state index in [0.29, 0.717) is 10.8 Å². The van der Waals surface area contributed by atoms with Crippen molar-refractivity contribution in [1.29, 1.82) is 0 Å². The number of aromatic nitrogens is 2. The number of ether oxygens (including phenoxy) is 4. The van der Waals surface area contributed by atoms with E-state index in [4.69, 9.17) is 18.9 Å². The van der Waals surface area contributed by atoms with Crippen LogP contribution < -0.4 is 16.6 Å². The molecule has 208 valence electrons. The molecule has 12 nitrogen and oxygen atoms in total. The number of benzene rings is 1. The number of esters is 1. The lowest BCUT2D eigenvalue weighted by Crippen LogP contribution is -2.43. The van der Waals surface area contributed by atoms with E-state index in [9.17, 15) is 28.7 Å². The van der Waals surface area contributed by atoms with Gasteiger partial charge in [0.05, 0.1) is 31.9 Å². The molecule has 0 saturated carbocycles. The van der Waals surface area contributed by atoms with Crippen molar-refractivity contribution in [2.45, 2.75) is 71.0 Å². The Balaban J connectivity index is 1.62. The average Bonchev–Trinajstić information content (AvgIpc) is 3.27. The number of aliphatic hydroxyl groups is 1. The molecule has 38 heavy (non-hydrogen) atoms. The summed E-state index contributed by atoms with van der Waals surface area (Å²) in [6.07, 6.45) is -2.60. The first-order valence-electron chi connectivity index (χ1n) is 12.0. The Labute approximate surface area is 217 Å². The van der Waals surface area contributed by atoms with Gasteiger partial charge in [-0.2, -0.15) is 4.39 Å². The lowest BCUT2D eigenvalue weighted by atomic mass is 10.1. The fourth-order valence-electron chi connectivity index (χ4n) is 3.69. The number of nitrogens with one attached hydrogen (secondary N) is 1. The van der Waals surface area contributed by atoms with Gasteiger partial charge in [-0.05, 0) is 26.3 Å². The number of amides is 1. The molecule has 3 rings (SSSR count). The predicted molar refractivity (Wildman–Crippen MR) is 130 cm³/mol. The average molecular weight is 538 g/mol. The molecule has 0 unspecified atom stereocenters. The van der Waals surface area contributed by atoms with Crippen LogP contribution in [0.25, 0.3) is 0 Å². The van der Waals surface area contributed by atoms with E-state index in [1.165, 1.54) is 0 Å². The Morgan fingerprint density at radius 2 is 1.92 bits per heavy atom. The number of alkyl carbamates (subject to hydrolysis) is 1. The fourth-order valence-corrected chi connectivity index (χ4v) is 3.69. The normalized spacial score (nSPS) is 19.2. The van der Waals surface area contributed by atoms with Crippen LogP contribution in [0.4, 0.5) is 9.18 Å². The van der Waals surface area contributed by atoms with Gasteiger partial charge in [0.15, 0.2) is 6.73 Å². The topological polar surface area (TPSA) is 147 Å². The molecule has 1 aliphatic heterocycles. The van der Waals surface area contributed by atoms with Gasteiger partial charge in [0.2, 0.25) is 5.82 Å². The summed E-state index contributed by atoms with van der Waals surface area (Å²) in [4.78, 5) is 48.9. The highest BCUT2D eigenvalue weighted by Crippen LogP contribution is 2.30. The lowest BCUT2D eigenvalue weighted by Gasteiger charge is -2.19. The first-order chi connectivity index (χ1) is 18.0. The van der Waals surface area contributed by atoms with Gasteiger partial charge in [-0.15, -0.1) is 0 Å².